The second-order valence-electron chi connectivity index (χ2n) is 7.96. The minimum absolute atomic E-state index is 0.0345. The van der Waals surface area contributed by atoms with Crippen molar-refractivity contribution in [3.63, 3.8) is 0 Å². The molecule has 3 rings (SSSR count). The van der Waals surface area contributed by atoms with Gasteiger partial charge in [-0.05, 0) is 59.9 Å². The van der Waals surface area contributed by atoms with Gasteiger partial charge in [0.1, 0.15) is 18.2 Å². The zero-order valence-corrected chi connectivity index (χ0v) is 19.1. The van der Waals surface area contributed by atoms with Crippen LogP contribution in [0.4, 0.5) is 5.69 Å². The van der Waals surface area contributed by atoms with Crippen LogP contribution in [0, 0.1) is 5.41 Å². The van der Waals surface area contributed by atoms with Gasteiger partial charge in [0.2, 0.25) is 0 Å². The van der Waals surface area contributed by atoms with E-state index in [4.69, 9.17) is 15.9 Å². The minimum atomic E-state index is -0.999. The number of carboxylic acids is 1. The highest BCUT2D eigenvalue weighted by molar-refractivity contribution is 5.95. The first-order chi connectivity index (χ1) is 15.9. The van der Waals surface area contributed by atoms with E-state index in [2.05, 4.69) is 25.2 Å². The predicted octanol–water partition coefficient (Wildman–Crippen LogP) is 5.30. The van der Waals surface area contributed by atoms with Crippen molar-refractivity contribution in [3.05, 3.63) is 94.5 Å². The molecular formula is C27H31N3O3. The molecular weight excluding hydrogens is 414 g/mol. The van der Waals surface area contributed by atoms with Crippen LogP contribution in [0.1, 0.15) is 54.1 Å². The van der Waals surface area contributed by atoms with Crippen molar-refractivity contribution in [2.75, 3.05) is 5.32 Å². The quantitative estimate of drug-likeness (QED) is 0.236. The number of aryl methyl sites for hydroxylation is 2. The first-order valence-corrected chi connectivity index (χ1v) is 11.2. The summed E-state index contributed by atoms with van der Waals surface area (Å²) in [4.78, 5) is 12.4. The van der Waals surface area contributed by atoms with Gasteiger partial charge in [-0.3, -0.25) is 5.41 Å². The van der Waals surface area contributed by atoms with E-state index in [0.717, 1.165) is 36.0 Å². The number of hydrogen-bond donors (Lipinski definition) is 4. The lowest BCUT2D eigenvalue weighted by atomic mass is 9.95. The van der Waals surface area contributed by atoms with Gasteiger partial charge in [0, 0.05) is 16.8 Å². The van der Waals surface area contributed by atoms with Crippen LogP contribution < -0.4 is 15.8 Å². The van der Waals surface area contributed by atoms with E-state index >= 15 is 0 Å². The number of nitrogens with two attached hydrogens (primary N) is 1. The smallest absolute Gasteiger partial charge is 0.330 e. The summed E-state index contributed by atoms with van der Waals surface area (Å²) >= 11 is 0. The van der Waals surface area contributed by atoms with Gasteiger partial charge in [-0.2, -0.15) is 0 Å². The van der Waals surface area contributed by atoms with E-state index in [-0.39, 0.29) is 5.84 Å². The fourth-order valence-corrected chi connectivity index (χ4v) is 3.75. The molecule has 0 fully saturated rings. The van der Waals surface area contributed by atoms with Gasteiger partial charge in [-0.25, -0.2) is 4.79 Å². The van der Waals surface area contributed by atoms with Crippen molar-refractivity contribution in [3.8, 4) is 5.75 Å². The summed E-state index contributed by atoms with van der Waals surface area (Å²) in [6.07, 6.45) is 2.51. The lowest BCUT2D eigenvalue weighted by molar-refractivity contribution is -0.138. The zero-order valence-electron chi connectivity index (χ0n) is 19.1. The highest BCUT2D eigenvalue weighted by Crippen LogP contribution is 2.35. The first kappa shape index (κ1) is 23.9. The summed E-state index contributed by atoms with van der Waals surface area (Å²) in [6.45, 7) is 4.52. The maximum Gasteiger partial charge on any atom is 0.330 e. The third kappa shape index (κ3) is 6.13. The molecule has 0 aliphatic rings. The van der Waals surface area contributed by atoms with Gasteiger partial charge in [-0.15, -0.1) is 0 Å². The van der Waals surface area contributed by atoms with Gasteiger partial charge in [0.15, 0.2) is 6.04 Å². The molecule has 0 heterocycles. The molecule has 172 valence electrons. The van der Waals surface area contributed by atoms with Crippen LogP contribution in [0.15, 0.2) is 66.7 Å². The van der Waals surface area contributed by atoms with Crippen LogP contribution >= 0.6 is 0 Å². The number of hydrogen-bond acceptors (Lipinski definition) is 4. The molecule has 33 heavy (non-hydrogen) atoms. The third-order valence-corrected chi connectivity index (χ3v) is 5.47. The van der Waals surface area contributed by atoms with Gasteiger partial charge in [-0.1, -0.05) is 56.7 Å². The number of aliphatic carboxylic acids is 1. The Hall–Kier alpha value is -3.80. The predicted molar refractivity (Wildman–Crippen MR) is 132 cm³/mol. The van der Waals surface area contributed by atoms with Crippen molar-refractivity contribution in [2.45, 2.75) is 45.8 Å². The fraction of sp³-hybridized carbons (Fsp3) is 0.259. The van der Waals surface area contributed by atoms with E-state index in [1.54, 1.807) is 24.3 Å². The highest BCUT2D eigenvalue weighted by Gasteiger charge is 2.26. The van der Waals surface area contributed by atoms with Gasteiger partial charge in [0.05, 0.1) is 0 Å². The Morgan fingerprint density at radius 1 is 1.06 bits per heavy atom. The van der Waals surface area contributed by atoms with Gasteiger partial charge in [0.25, 0.3) is 0 Å². The second kappa shape index (κ2) is 11.2. The van der Waals surface area contributed by atoms with E-state index in [0.29, 0.717) is 29.2 Å². The van der Waals surface area contributed by atoms with Crippen LogP contribution in [-0.4, -0.2) is 16.9 Å². The molecule has 0 radical (unpaired) electrons. The summed E-state index contributed by atoms with van der Waals surface area (Å²) in [5, 5.41) is 20.8. The van der Waals surface area contributed by atoms with Crippen LogP contribution in [-0.2, 0) is 24.2 Å². The van der Waals surface area contributed by atoms with Crippen LogP contribution in [0.5, 0.6) is 5.75 Å². The number of nitrogen functional groups attached to an aromatic ring is 1. The Morgan fingerprint density at radius 2 is 1.76 bits per heavy atom. The zero-order chi connectivity index (χ0) is 23.8. The third-order valence-electron chi connectivity index (χ3n) is 5.47. The molecule has 0 bridgehead atoms. The summed E-state index contributed by atoms with van der Waals surface area (Å²) in [5.41, 5.74) is 10.5. The number of carboxylic acid groups (broad SMARTS) is 1. The Balaban J connectivity index is 2.02. The highest BCUT2D eigenvalue weighted by atomic mass is 16.5. The largest absolute Gasteiger partial charge is 0.488 e. The van der Waals surface area contributed by atoms with E-state index < -0.39 is 12.0 Å². The Morgan fingerprint density at radius 3 is 2.33 bits per heavy atom. The summed E-state index contributed by atoms with van der Waals surface area (Å²) in [7, 11) is 0. The van der Waals surface area contributed by atoms with Crippen molar-refractivity contribution in [1.82, 2.24) is 0 Å². The Labute approximate surface area is 194 Å². The molecule has 0 aliphatic carbocycles. The summed E-state index contributed by atoms with van der Waals surface area (Å²) in [6, 6.07) is 19.7. The average Bonchev–Trinajstić information content (AvgIpc) is 2.82. The lowest BCUT2D eigenvalue weighted by Gasteiger charge is -2.23. The van der Waals surface area contributed by atoms with Crippen molar-refractivity contribution < 1.29 is 14.6 Å². The number of rotatable bonds is 11. The minimum Gasteiger partial charge on any atom is -0.488 e. The summed E-state index contributed by atoms with van der Waals surface area (Å²) in [5.74, 6) is -0.406. The molecule has 0 saturated carbocycles. The fourth-order valence-electron chi connectivity index (χ4n) is 3.75. The Kier molecular flexibility index (Phi) is 8.08. The standard InChI is InChI=1S/C27H31N3O3/c1-3-8-21-15-18(4-2)16-23(25(21)33-17-19-9-6-5-7-10-19)24(27(31)32)30-22-13-11-20(12-14-22)26(28)29/h5-7,9-16,24,30H,3-4,8,17H2,1-2H3,(H3,28,29)(H,31,32). The van der Waals surface area contributed by atoms with Crippen molar-refractivity contribution in [2.24, 2.45) is 5.73 Å². The van der Waals surface area contributed by atoms with Crippen LogP contribution in [0.25, 0.3) is 0 Å². The SMILES string of the molecule is CCCc1cc(CC)cc(C(Nc2ccc(C(=N)N)cc2)C(=O)O)c1OCc1ccccc1. The topological polar surface area (TPSA) is 108 Å². The molecule has 6 nitrogen and oxygen atoms in total. The monoisotopic (exact) mass is 445 g/mol. The molecule has 1 atom stereocenters. The number of amidine groups is 1. The molecule has 3 aromatic rings. The van der Waals surface area contributed by atoms with Crippen molar-refractivity contribution in [1.29, 1.82) is 5.41 Å². The molecule has 1 unspecified atom stereocenters. The number of ether oxygens (including phenoxy) is 1. The second-order valence-corrected chi connectivity index (χ2v) is 7.96. The molecule has 3 aromatic carbocycles. The van der Waals surface area contributed by atoms with Crippen LogP contribution in [0.3, 0.4) is 0 Å². The molecule has 0 aromatic heterocycles. The Bertz CT molecular complexity index is 1100. The van der Waals surface area contributed by atoms with E-state index in [1.807, 2.05) is 36.4 Å². The molecule has 6 heteroatoms. The number of carbonyl (C=O) groups is 1. The number of nitrogens with one attached hydrogen (secondary N) is 2. The normalized spacial score (nSPS) is 11.6. The molecule has 0 aliphatic heterocycles. The van der Waals surface area contributed by atoms with Gasteiger partial charge < -0.3 is 20.9 Å². The van der Waals surface area contributed by atoms with Crippen molar-refractivity contribution >= 4 is 17.5 Å². The first-order valence-electron chi connectivity index (χ1n) is 11.2. The molecule has 0 amide bonds. The van der Waals surface area contributed by atoms with E-state index in [1.165, 1.54) is 0 Å². The average molecular weight is 446 g/mol. The maximum atomic E-state index is 12.4. The van der Waals surface area contributed by atoms with Crippen LogP contribution in [0.2, 0.25) is 0 Å². The maximum absolute atomic E-state index is 12.4. The number of benzene rings is 3. The van der Waals surface area contributed by atoms with E-state index in [9.17, 15) is 9.90 Å². The van der Waals surface area contributed by atoms with Gasteiger partial charge >= 0.3 is 5.97 Å². The number of anilines is 1. The molecule has 0 saturated heterocycles. The summed E-state index contributed by atoms with van der Waals surface area (Å²) < 4.78 is 6.28. The molecule has 5 N–H and O–H groups in total. The molecule has 0 spiro atoms. The lowest BCUT2D eigenvalue weighted by Crippen LogP contribution is -2.22.